The molecule has 2 aromatic carbocycles. The molecule has 0 amide bonds. The molecule has 0 heterocycles. The van der Waals surface area contributed by atoms with Gasteiger partial charge < -0.3 is 19.9 Å². The van der Waals surface area contributed by atoms with Crippen LogP contribution in [0, 0.1) is 0 Å². The Balaban J connectivity index is 0.00000364. The maximum Gasteiger partial charge on any atom is 0.573 e. The van der Waals surface area contributed by atoms with Crippen LogP contribution in [0.1, 0.15) is 17.2 Å². The SMILES string of the molecule is COc1ccc(OC(F)(F)F)cc1[C@@H](N)c1ccc(OC(F)(F)F)cc1.Cl. The molecule has 1 atom stereocenters. The van der Waals surface area contributed by atoms with Crippen LogP contribution in [0.2, 0.25) is 0 Å². The second-order valence-electron chi connectivity index (χ2n) is 5.05. The number of hydrogen-bond acceptors (Lipinski definition) is 4. The standard InChI is InChI=1S/C16H13F6NO3.ClH/c1-24-13-7-6-11(26-16(20,21)22)8-12(13)14(23)9-2-4-10(5-3-9)25-15(17,18)19;/h2-8,14H,23H2,1H3;1H/t14-;/m0./s1. The van der Waals surface area contributed by atoms with Gasteiger partial charge in [0.1, 0.15) is 17.2 Å². The van der Waals surface area contributed by atoms with E-state index >= 15 is 0 Å². The molecule has 4 nitrogen and oxygen atoms in total. The van der Waals surface area contributed by atoms with Crippen molar-refractivity contribution in [2.75, 3.05) is 7.11 Å². The van der Waals surface area contributed by atoms with Gasteiger partial charge in [-0.1, -0.05) is 12.1 Å². The molecule has 0 radical (unpaired) electrons. The van der Waals surface area contributed by atoms with E-state index in [0.29, 0.717) is 5.56 Å². The Morgan fingerprint density at radius 3 is 1.78 bits per heavy atom. The van der Waals surface area contributed by atoms with Gasteiger partial charge in [0.25, 0.3) is 0 Å². The molecule has 2 rings (SSSR count). The van der Waals surface area contributed by atoms with E-state index in [1.807, 2.05) is 0 Å². The number of ether oxygens (including phenoxy) is 3. The van der Waals surface area contributed by atoms with Gasteiger partial charge in [-0.05, 0) is 35.9 Å². The van der Waals surface area contributed by atoms with Gasteiger partial charge in [-0.15, -0.1) is 38.7 Å². The molecule has 11 heteroatoms. The summed E-state index contributed by atoms with van der Waals surface area (Å²) in [6.45, 7) is 0. The van der Waals surface area contributed by atoms with Gasteiger partial charge in [0.2, 0.25) is 0 Å². The van der Waals surface area contributed by atoms with Crippen molar-refractivity contribution in [1.82, 2.24) is 0 Å². The number of hydrogen-bond donors (Lipinski definition) is 1. The van der Waals surface area contributed by atoms with E-state index in [2.05, 4.69) is 9.47 Å². The summed E-state index contributed by atoms with van der Waals surface area (Å²) in [5.74, 6) is -0.752. The van der Waals surface area contributed by atoms with Gasteiger partial charge in [-0.3, -0.25) is 0 Å². The van der Waals surface area contributed by atoms with Gasteiger partial charge in [0.15, 0.2) is 0 Å². The molecule has 0 aromatic heterocycles. The summed E-state index contributed by atoms with van der Waals surface area (Å²) in [5, 5.41) is 0. The molecule has 0 aliphatic heterocycles. The average Bonchev–Trinajstić information content (AvgIpc) is 2.52. The largest absolute Gasteiger partial charge is 0.573 e. The molecule has 0 aliphatic rings. The molecule has 0 saturated carbocycles. The molecule has 2 N–H and O–H groups in total. The van der Waals surface area contributed by atoms with Crippen LogP contribution < -0.4 is 19.9 Å². The molecule has 2 aromatic rings. The Kier molecular flexibility index (Phi) is 7.21. The van der Waals surface area contributed by atoms with Crippen molar-refractivity contribution in [2.24, 2.45) is 5.73 Å². The van der Waals surface area contributed by atoms with E-state index in [1.165, 1.54) is 25.3 Å². The lowest BCUT2D eigenvalue weighted by Crippen LogP contribution is -2.18. The highest BCUT2D eigenvalue weighted by atomic mass is 35.5. The van der Waals surface area contributed by atoms with Gasteiger partial charge >= 0.3 is 12.7 Å². The van der Waals surface area contributed by atoms with E-state index in [4.69, 9.17) is 10.5 Å². The minimum Gasteiger partial charge on any atom is -0.496 e. The number of alkyl halides is 6. The van der Waals surface area contributed by atoms with Gasteiger partial charge in [-0.25, -0.2) is 0 Å². The fourth-order valence-corrected chi connectivity index (χ4v) is 2.21. The Morgan fingerprint density at radius 1 is 0.815 bits per heavy atom. The number of halogens is 7. The van der Waals surface area contributed by atoms with Crippen molar-refractivity contribution in [2.45, 2.75) is 18.8 Å². The lowest BCUT2D eigenvalue weighted by molar-refractivity contribution is -0.275. The van der Waals surface area contributed by atoms with Crippen LogP contribution in [0.5, 0.6) is 17.2 Å². The van der Waals surface area contributed by atoms with Crippen LogP contribution in [0.3, 0.4) is 0 Å². The summed E-state index contributed by atoms with van der Waals surface area (Å²) in [4.78, 5) is 0. The molecule has 0 bridgehead atoms. The molecule has 150 valence electrons. The van der Waals surface area contributed by atoms with Gasteiger partial charge in [0.05, 0.1) is 13.2 Å². The topological polar surface area (TPSA) is 53.7 Å². The third-order valence-electron chi connectivity index (χ3n) is 3.24. The fraction of sp³-hybridized carbons (Fsp3) is 0.250. The minimum atomic E-state index is -4.88. The summed E-state index contributed by atoms with van der Waals surface area (Å²) in [5.41, 5.74) is 6.52. The highest BCUT2D eigenvalue weighted by molar-refractivity contribution is 5.85. The first-order valence-corrected chi connectivity index (χ1v) is 7.03. The number of benzene rings is 2. The highest BCUT2D eigenvalue weighted by Gasteiger charge is 2.32. The van der Waals surface area contributed by atoms with E-state index < -0.39 is 30.3 Å². The maximum absolute atomic E-state index is 12.4. The Bertz CT molecular complexity index is 749. The zero-order chi connectivity index (χ0) is 19.5. The van der Waals surface area contributed by atoms with Crippen molar-refractivity contribution in [3.05, 3.63) is 53.6 Å². The molecule has 0 fully saturated rings. The maximum atomic E-state index is 12.4. The van der Waals surface area contributed by atoms with Crippen molar-refractivity contribution in [3.8, 4) is 17.2 Å². The van der Waals surface area contributed by atoms with Crippen LogP contribution >= 0.6 is 12.4 Å². The number of rotatable bonds is 5. The van der Waals surface area contributed by atoms with Crippen LogP contribution in [0.25, 0.3) is 0 Å². The van der Waals surface area contributed by atoms with Crippen LogP contribution in [-0.2, 0) is 0 Å². The van der Waals surface area contributed by atoms with Crippen molar-refractivity contribution in [3.63, 3.8) is 0 Å². The lowest BCUT2D eigenvalue weighted by Gasteiger charge is -2.18. The molecule has 0 saturated heterocycles. The van der Waals surface area contributed by atoms with Gasteiger partial charge in [0, 0.05) is 5.56 Å². The second kappa shape index (κ2) is 8.57. The Labute approximate surface area is 156 Å². The predicted molar refractivity (Wildman–Crippen MR) is 86.1 cm³/mol. The molecule has 0 unspecified atom stereocenters. The van der Waals surface area contributed by atoms with E-state index in [-0.39, 0.29) is 23.7 Å². The van der Waals surface area contributed by atoms with Crippen molar-refractivity contribution in [1.29, 1.82) is 0 Å². The monoisotopic (exact) mass is 417 g/mol. The van der Waals surface area contributed by atoms with Crippen LogP contribution in [0.15, 0.2) is 42.5 Å². The van der Waals surface area contributed by atoms with Crippen LogP contribution in [-0.4, -0.2) is 19.8 Å². The van der Waals surface area contributed by atoms with Crippen molar-refractivity contribution >= 4 is 12.4 Å². The fourth-order valence-electron chi connectivity index (χ4n) is 2.21. The van der Waals surface area contributed by atoms with E-state index in [1.54, 1.807) is 0 Å². The molecular weight excluding hydrogens is 404 g/mol. The Morgan fingerprint density at radius 2 is 1.30 bits per heavy atom. The number of nitrogens with two attached hydrogens (primary N) is 1. The van der Waals surface area contributed by atoms with E-state index in [9.17, 15) is 26.3 Å². The molecule has 27 heavy (non-hydrogen) atoms. The lowest BCUT2D eigenvalue weighted by atomic mass is 9.98. The van der Waals surface area contributed by atoms with Crippen molar-refractivity contribution < 1.29 is 40.6 Å². The third kappa shape index (κ3) is 6.72. The predicted octanol–water partition coefficient (Wildman–Crippen LogP) is 4.96. The minimum absolute atomic E-state index is 0. The quantitative estimate of drug-likeness (QED) is 0.698. The highest BCUT2D eigenvalue weighted by Crippen LogP contribution is 2.34. The first-order chi connectivity index (χ1) is 12.0. The molecule has 0 aliphatic carbocycles. The summed E-state index contributed by atoms with van der Waals surface area (Å²) in [6.07, 6.45) is -9.72. The summed E-state index contributed by atoms with van der Waals surface area (Å²) in [7, 11) is 1.30. The zero-order valence-electron chi connectivity index (χ0n) is 13.6. The van der Waals surface area contributed by atoms with E-state index in [0.717, 1.165) is 24.3 Å². The third-order valence-corrected chi connectivity index (χ3v) is 3.24. The Hall–Kier alpha value is -2.33. The normalized spacial score (nSPS) is 12.7. The first kappa shape index (κ1) is 22.7. The summed E-state index contributed by atoms with van der Waals surface area (Å²) in [6, 6.07) is 7.01. The first-order valence-electron chi connectivity index (χ1n) is 7.03. The molecular formula is C16H14ClF6NO3. The zero-order valence-corrected chi connectivity index (χ0v) is 14.4. The average molecular weight is 418 g/mol. The number of methoxy groups -OCH3 is 1. The second-order valence-corrected chi connectivity index (χ2v) is 5.05. The van der Waals surface area contributed by atoms with Gasteiger partial charge in [-0.2, -0.15) is 0 Å². The summed E-state index contributed by atoms with van der Waals surface area (Å²) < 4.78 is 86.3. The smallest absolute Gasteiger partial charge is 0.496 e. The van der Waals surface area contributed by atoms with Crippen LogP contribution in [0.4, 0.5) is 26.3 Å². The molecule has 0 spiro atoms. The summed E-state index contributed by atoms with van der Waals surface area (Å²) >= 11 is 0.